The molecule has 194 valence electrons. The lowest BCUT2D eigenvalue weighted by atomic mass is 9.82. The van der Waals surface area contributed by atoms with Gasteiger partial charge in [0.05, 0.1) is 24.0 Å². The highest BCUT2D eigenvalue weighted by molar-refractivity contribution is 7.89. The molecule has 3 aliphatic heterocycles. The summed E-state index contributed by atoms with van der Waals surface area (Å²) in [6, 6.07) is 14.4. The van der Waals surface area contributed by atoms with Crippen LogP contribution in [0.5, 0.6) is 5.75 Å². The molecule has 2 fully saturated rings. The molecule has 10 heteroatoms. The van der Waals surface area contributed by atoms with Crippen molar-refractivity contribution in [1.29, 1.82) is 0 Å². The molecule has 2 aromatic carbocycles. The first-order valence-electron chi connectivity index (χ1n) is 12.5. The molecular weight excluding hydrogens is 498 g/mol. The smallest absolute Gasteiger partial charge is 0.242 e. The highest BCUT2D eigenvalue weighted by Gasteiger charge is 2.39. The number of halogens is 2. The molecule has 0 spiro atoms. The second-order valence-electron chi connectivity index (χ2n) is 9.97. The first-order chi connectivity index (χ1) is 17.9. The summed E-state index contributed by atoms with van der Waals surface area (Å²) in [5.41, 5.74) is 2.65. The van der Waals surface area contributed by atoms with Gasteiger partial charge in [-0.25, -0.2) is 21.9 Å². The maximum atomic E-state index is 15.2. The number of fused-ring (bicyclic) bond motifs is 1. The van der Waals surface area contributed by atoms with Gasteiger partial charge < -0.3 is 9.64 Å². The van der Waals surface area contributed by atoms with E-state index in [1.165, 1.54) is 18.1 Å². The maximum absolute atomic E-state index is 15.2. The van der Waals surface area contributed by atoms with E-state index in [1.54, 1.807) is 0 Å². The quantitative estimate of drug-likeness (QED) is 0.509. The minimum atomic E-state index is -3.93. The van der Waals surface area contributed by atoms with Crippen LogP contribution in [0.1, 0.15) is 23.5 Å². The molecule has 0 radical (unpaired) electrons. The van der Waals surface area contributed by atoms with Crippen LogP contribution >= 0.6 is 0 Å². The molecule has 1 aromatic heterocycles. The van der Waals surface area contributed by atoms with E-state index in [0.717, 1.165) is 43.5 Å². The third-order valence-corrected chi connectivity index (χ3v) is 9.03. The van der Waals surface area contributed by atoms with Crippen molar-refractivity contribution in [3.8, 4) is 5.75 Å². The number of anilines is 1. The summed E-state index contributed by atoms with van der Waals surface area (Å²) in [4.78, 5) is 7.64. The number of aromatic nitrogens is 1. The summed E-state index contributed by atoms with van der Waals surface area (Å²) < 4.78 is 62.5. The van der Waals surface area contributed by atoms with Gasteiger partial charge in [-0.15, -0.1) is 0 Å². The van der Waals surface area contributed by atoms with Gasteiger partial charge in [0.2, 0.25) is 10.0 Å². The zero-order valence-electron chi connectivity index (χ0n) is 20.2. The Morgan fingerprint density at radius 3 is 2.54 bits per heavy atom. The zero-order valence-corrected chi connectivity index (χ0v) is 21.0. The number of rotatable bonds is 7. The molecule has 2 saturated heterocycles. The lowest BCUT2D eigenvalue weighted by Crippen LogP contribution is -2.59. The van der Waals surface area contributed by atoms with E-state index in [4.69, 9.17) is 4.74 Å². The summed E-state index contributed by atoms with van der Waals surface area (Å²) in [6.45, 7) is 3.22. The van der Waals surface area contributed by atoms with Crippen molar-refractivity contribution in [3.05, 3.63) is 83.7 Å². The summed E-state index contributed by atoms with van der Waals surface area (Å²) in [5.74, 6) is -0.384. The number of benzene rings is 2. The number of ether oxygens (including phenoxy) is 1. The molecule has 3 aliphatic rings. The monoisotopic (exact) mass is 526 g/mol. The van der Waals surface area contributed by atoms with Crippen molar-refractivity contribution in [1.82, 2.24) is 14.6 Å². The van der Waals surface area contributed by atoms with Gasteiger partial charge in [-0.3, -0.25) is 9.88 Å². The van der Waals surface area contributed by atoms with E-state index in [9.17, 15) is 12.8 Å². The van der Waals surface area contributed by atoms with Gasteiger partial charge in [-0.2, -0.15) is 0 Å². The molecular formula is C27H28F2N4O3S. The normalized spacial score (nSPS) is 22.1. The van der Waals surface area contributed by atoms with E-state index >= 15 is 4.39 Å². The number of likely N-dealkylation sites (tertiary alicyclic amines) is 1. The number of hydrogen-bond acceptors (Lipinski definition) is 6. The summed E-state index contributed by atoms with van der Waals surface area (Å²) in [5, 5.41) is 0. The van der Waals surface area contributed by atoms with Crippen molar-refractivity contribution in [2.45, 2.75) is 35.7 Å². The zero-order chi connectivity index (χ0) is 25.6. The van der Waals surface area contributed by atoms with E-state index in [2.05, 4.69) is 26.7 Å². The maximum Gasteiger partial charge on any atom is 0.242 e. The van der Waals surface area contributed by atoms with Crippen LogP contribution < -0.4 is 14.4 Å². The Kier molecular flexibility index (Phi) is 6.34. The molecule has 37 heavy (non-hydrogen) atoms. The molecule has 0 unspecified atom stereocenters. The number of nitrogens with one attached hydrogen (secondary N) is 1. The molecule has 0 aliphatic carbocycles. The van der Waals surface area contributed by atoms with Gasteiger partial charge >= 0.3 is 0 Å². The Labute approximate surface area is 215 Å². The minimum absolute atomic E-state index is 0.154. The van der Waals surface area contributed by atoms with Gasteiger partial charge in [0.25, 0.3) is 0 Å². The SMILES string of the molecule is O=S(=O)(NC1CN(c2cc3c(cc2F)OC[C@H](N2CCC2)[C@@H]3Cc2ccccc2)C1)c1cncc(F)c1. The molecule has 2 atom stereocenters. The van der Waals surface area contributed by atoms with Crippen molar-refractivity contribution in [2.24, 2.45) is 0 Å². The van der Waals surface area contributed by atoms with Crippen LogP contribution in [-0.2, 0) is 16.4 Å². The Bertz CT molecular complexity index is 1400. The molecule has 7 nitrogen and oxygen atoms in total. The first-order valence-corrected chi connectivity index (χ1v) is 14.0. The topological polar surface area (TPSA) is 74.8 Å². The Balaban J connectivity index is 1.22. The molecule has 0 amide bonds. The van der Waals surface area contributed by atoms with Gasteiger partial charge in [-0.05, 0) is 43.6 Å². The molecule has 6 rings (SSSR count). The molecule has 4 heterocycles. The van der Waals surface area contributed by atoms with Crippen molar-refractivity contribution in [3.63, 3.8) is 0 Å². The fraction of sp³-hybridized carbons (Fsp3) is 0.370. The summed E-state index contributed by atoms with van der Waals surface area (Å²) in [7, 11) is -3.93. The number of hydrogen-bond donors (Lipinski definition) is 1. The van der Waals surface area contributed by atoms with Crippen molar-refractivity contribution in [2.75, 3.05) is 37.7 Å². The predicted molar refractivity (Wildman–Crippen MR) is 135 cm³/mol. The second-order valence-corrected chi connectivity index (χ2v) is 11.7. The molecule has 0 bridgehead atoms. The molecule has 1 N–H and O–H groups in total. The van der Waals surface area contributed by atoms with Crippen LogP contribution in [0.4, 0.5) is 14.5 Å². The van der Waals surface area contributed by atoms with E-state index in [-0.39, 0.29) is 16.9 Å². The number of nitrogens with zero attached hydrogens (tertiary/aromatic N) is 3. The standard InChI is InChI=1S/C27H28F2N4O3S/c28-19-10-21(14-30-13-19)37(34,35)31-20-15-33(16-20)25-11-23-22(9-18-5-2-1-3-6-18)26(32-7-4-8-32)17-36-27(23)12-24(25)29/h1-3,5-6,10-14,20,22,26,31H,4,7-9,15-17H2/t22-,26+/m1/s1. The van der Waals surface area contributed by atoms with Crippen LogP contribution in [-0.4, -0.2) is 63.2 Å². The van der Waals surface area contributed by atoms with Crippen LogP contribution in [0.25, 0.3) is 0 Å². The predicted octanol–water partition coefficient (Wildman–Crippen LogP) is 3.32. The summed E-state index contributed by atoms with van der Waals surface area (Å²) in [6.07, 6.45) is 4.05. The second kappa shape index (κ2) is 9.66. The van der Waals surface area contributed by atoms with E-state index < -0.39 is 27.7 Å². The van der Waals surface area contributed by atoms with Crippen LogP contribution in [0, 0.1) is 11.6 Å². The number of pyridine rings is 1. The van der Waals surface area contributed by atoms with Crippen LogP contribution in [0.2, 0.25) is 0 Å². The fourth-order valence-electron chi connectivity index (χ4n) is 5.44. The van der Waals surface area contributed by atoms with E-state index in [0.29, 0.717) is 31.1 Å². The number of sulfonamides is 1. The van der Waals surface area contributed by atoms with Gasteiger partial charge in [0.15, 0.2) is 0 Å². The average Bonchev–Trinajstić information content (AvgIpc) is 2.82. The van der Waals surface area contributed by atoms with Crippen LogP contribution in [0.15, 0.2) is 65.8 Å². The van der Waals surface area contributed by atoms with Crippen molar-refractivity contribution >= 4 is 15.7 Å². The van der Waals surface area contributed by atoms with Gasteiger partial charge in [0.1, 0.15) is 28.9 Å². The lowest BCUT2D eigenvalue weighted by molar-refractivity contribution is 0.0500. The summed E-state index contributed by atoms with van der Waals surface area (Å²) >= 11 is 0. The Morgan fingerprint density at radius 1 is 1.05 bits per heavy atom. The Hall–Kier alpha value is -3.08. The first kappa shape index (κ1) is 24.3. The average molecular weight is 527 g/mol. The lowest BCUT2D eigenvalue weighted by Gasteiger charge is -2.46. The fourth-order valence-corrected chi connectivity index (χ4v) is 6.63. The van der Waals surface area contributed by atoms with Gasteiger partial charge in [0, 0.05) is 36.8 Å². The largest absolute Gasteiger partial charge is 0.492 e. The third-order valence-electron chi connectivity index (χ3n) is 7.55. The highest BCUT2D eigenvalue weighted by atomic mass is 32.2. The Morgan fingerprint density at radius 2 is 1.84 bits per heavy atom. The highest BCUT2D eigenvalue weighted by Crippen LogP contribution is 2.43. The minimum Gasteiger partial charge on any atom is -0.492 e. The van der Waals surface area contributed by atoms with E-state index in [1.807, 2.05) is 29.2 Å². The van der Waals surface area contributed by atoms with Crippen molar-refractivity contribution < 1.29 is 21.9 Å². The van der Waals surface area contributed by atoms with Gasteiger partial charge in [-0.1, -0.05) is 30.3 Å². The molecule has 0 saturated carbocycles. The third kappa shape index (κ3) is 4.81. The molecule has 3 aromatic rings. The van der Waals surface area contributed by atoms with Crippen LogP contribution in [0.3, 0.4) is 0 Å².